The lowest BCUT2D eigenvalue weighted by molar-refractivity contribution is 0.0944. The Kier molecular flexibility index (Phi) is 2.74. The summed E-state index contributed by atoms with van der Waals surface area (Å²) in [5.74, 6) is 3.03. The van der Waals surface area contributed by atoms with Gasteiger partial charge in [-0.1, -0.05) is 23.2 Å². The number of benzene rings is 1. The highest BCUT2D eigenvalue weighted by Crippen LogP contribution is 2.65. The van der Waals surface area contributed by atoms with Crippen LogP contribution in [-0.4, -0.2) is 11.9 Å². The molecule has 4 atom stereocenters. The number of hydrogen-bond donors (Lipinski definition) is 2. The van der Waals surface area contributed by atoms with E-state index in [9.17, 15) is 4.79 Å². The first kappa shape index (κ1) is 12.8. The van der Waals surface area contributed by atoms with E-state index in [1.165, 1.54) is 19.3 Å². The molecule has 5 heteroatoms. The van der Waals surface area contributed by atoms with Gasteiger partial charge in [0.15, 0.2) is 0 Å². The lowest BCUT2D eigenvalue weighted by atomic mass is 10.0. The minimum absolute atomic E-state index is 0.0902. The summed E-state index contributed by atoms with van der Waals surface area (Å²) >= 11 is 12.0. The van der Waals surface area contributed by atoms with E-state index >= 15 is 0 Å². The lowest BCUT2D eigenvalue weighted by Gasteiger charge is -2.11. The monoisotopic (exact) mass is 310 g/mol. The van der Waals surface area contributed by atoms with Crippen molar-refractivity contribution in [3.63, 3.8) is 0 Å². The molecule has 1 amide bonds. The predicted molar refractivity (Wildman–Crippen MR) is 79.9 cm³/mol. The number of nitrogens with two attached hydrogens (primary N) is 1. The first-order valence-electron chi connectivity index (χ1n) is 7.11. The second-order valence-corrected chi connectivity index (χ2v) is 7.16. The summed E-state index contributed by atoms with van der Waals surface area (Å²) in [6.45, 7) is 0. The van der Waals surface area contributed by atoms with Gasteiger partial charge < -0.3 is 11.1 Å². The SMILES string of the molecule is Nc1c(Cl)cc(C(=O)NC2C3C4CCC(C4)C23)cc1Cl. The van der Waals surface area contributed by atoms with Gasteiger partial charge in [0.2, 0.25) is 0 Å². The number of carbonyl (C=O) groups is 1. The number of rotatable bonds is 2. The molecule has 3 aliphatic carbocycles. The van der Waals surface area contributed by atoms with Gasteiger partial charge in [-0.3, -0.25) is 4.79 Å². The van der Waals surface area contributed by atoms with Gasteiger partial charge >= 0.3 is 0 Å². The van der Waals surface area contributed by atoms with Crippen molar-refractivity contribution < 1.29 is 4.79 Å². The normalized spacial score (nSPS) is 36.8. The molecule has 0 saturated heterocycles. The Bertz CT molecular complexity index is 565. The van der Waals surface area contributed by atoms with Gasteiger partial charge in [0, 0.05) is 11.6 Å². The van der Waals surface area contributed by atoms with Crippen LogP contribution in [0.25, 0.3) is 0 Å². The topological polar surface area (TPSA) is 55.1 Å². The van der Waals surface area contributed by atoms with Crippen LogP contribution in [-0.2, 0) is 0 Å². The van der Waals surface area contributed by atoms with Crippen LogP contribution in [0.5, 0.6) is 0 Å². The molecule has 0 radical (unpaired) electrons. The molecule has 0 aliphatic heterocycles. The second-order valence-electron chi connectivity index (χ2n) is 6.34. The van der Waals surface area contributed by atoms with Gasteiger partial charge in [0.05, 0.1) is 15.7 Å². The largest absolute Gasteiger partial charge is 0.396 e. The van der Waals surface area contributed by atoms with Crippen molar-refractivity contribution in [1.29, 1.82) is 0 Å². The van der Waals surface area contributed by atoms with Crippen LogP contribution in [0.1, 0.15) is 29.6 Å². The number of anilines is 1. The average molecular weight is 311 g/mol. The van der Waals surface area contributed by atoms with Crippen molar-refractivity contribution in [2.24, 2.45) is 23.7 Å². The summed E-state index contributed by atoms with van der Waals surface area (Å²) in [5.41, 5.74) is 6.51. The molecule has 4 rings (SSSR count). The summed E-state index contributed by atoms with van der Waals surface area (Å²) < 4.78 is 0. The zero-order chi connectivity index (χ0) is 14.0. The van der Waals surface area contributed by atoms with E-state index in [1.807, 2.05) is 0 Å². The van der Waals surface area contributed by atoms with Gasteiger partial charge in [-0.2, -0.15) is 0 Å². The maximum atomic E-state index is 12.3. The Morgan fingerprint density at radius 2 is 1.70 bits per heavy atom. The van der Waals surface area contributed by atoms with Gasteiger partial charge in [-0.15, -0.1) is 0 Å². The third-order valence-corrected chi connectivity index (χ3v) is 6.00. The van der Waals surface area contributed by atoms with E-state index in [1.54, 1.807) is 12.1 Å². The molecule has 4 unspecified atom stereocenters. The first-order chi connectivity index (χ1) is 9.56. The van der Waals surface area contributed by atoms with E-state index in [2.05, 4.69) is 5.32 Å². The summed E-state index contributed by atoms with van der Waals surface area (Å²) in [6.07, 6.45) is 4.07. The van der Waals surface area contributed by atoms with Gasteiger partial charge in [-0.25, -0.2) is 0 Å². The van der Waals surface area contributed by atoms with Crippen molar-refractivity contribution >= 4 is 34.8 Å². The molecular formula is C15H16Cl2N2O. The van der Waals surface area contributed by atoms with Crippen LogP contribution in [0.4, 0.5) is 5.69 Å². The standard InChI is InChI=1S/C15H16Cl2N2O/c16-9-4-8(5-10(17)13(9)18)15(20)19-14-11-6-1-2-7(3-6)12(11)14/h4-7,11-12,14H,1-3,18H2,(H,19,20). The lowest BCUT2D eigenvalue weighted by Crippen LogP contribution is -2.30. The van der Waals surface area contributed by atoms with Crippen LogP contribution in [0, 0.1) is 23.7 Å². The quantitative estimate of drug-likeness (QED) is 0.823. The number of amides is 1. The van der Waals surface area contributed by atoms with Gasteiger partial charge in [0.1, 0.15) is 0 Å². The third-order valence-electron chi connectivity index (χ3n) is 5.37. The van der Waals surface area contributed by atoms with Crippen LogP contribution in [0.15, 0.2) is 12.1 Å². The van der Waals surface area contributed by atoms with E-state index in [0.29, 0.717) is 27.3 Å². The summed E-state index contributed by atoms with van der Waals surface area (Å²) in [4.78, 5) is 12.3. The summed E-state index contributed by atoms with van der Waals surface area (Å²) in [6, 6.07) is 3.54. The Balaban J connectivity index is 1.49. The fraction of sp³-hybridized carbons (Fsp3) is 0.533. The molecule has 0 aromatic heterocycles. The fourth-order valence-corrected chi connectivity index (χ4v) is 4.96. The van der Waals surface area contributed by atoms with Crippen LogP contribution < -0.4 is 11.1 Å². The number of nitrogens with one attached hydrogen (secondary N) is 1. The van der Waals surface area contributed by atoms with Gasteiger partial charge in [-0.05, 0) is 55.1 Å². The molecule has 3 N–H and O–H groups in total. The minimum Gasteiger partial charge on any atom is -0.396 e. The molecule has 20 heavy (non-hydrogen) atoms. The Hall–Kier alpha value is -0.930. The van der Waals surface area contributed by atoms with Crippen molar-refractivity contribution in [3.8, 4) is 0 Å². The molecule has 3 fully saturated rings. The highest BCUT2D eigenvalue weighted by molar-refractivity contribution is 6.39. The molecule has 0 heterocycles. The van der Waals surface area contributed by atoms with Crippen LogP contribution >= 0.6 is 23.2 Å². The van der Waals surface area contributed by atoms with Crippen molar-refractivity contribution in [2.45, 2.75) is 25.3 Å². The van der Waals surface area contributed by atoms with Crippen LogP contribution in [0.2, 0.25) is 10.0 Å². The highest BCUT2D eigenvalue weighted by atomic mass is 35.5. The molecule has 1 aromatic carbocycles. The number of nitrogen functional groups attached to an aromatic ring is 1. The maximum absolute atomic E-state index is 12.3. The molecule has 3 aliphatic rings. The van der Waals surface area contributed by atoms with E-state index in [4.69, 9.17) is 28.9 Å². The van der Waals surface area contributed by atoms with Crippen molar-refractivity contribution in [1.82, 2.24) is 5.32 Å². The average Bonchev–Trinajstić information content (AvgIpc) is 2.82. The smallest absolute Gasteiger partial charge is 0.251 e. The van der Waals surface area contributed by atoms with E-state index in [-0.39, 0.29) is 5.91 Å². The summed E-state index contributed by atoms with van der Waals surface area (Å²) in [7, 11) is 0. The van der Waals surface area contributed by atoms with Crippen molar-refractivity contribution in [3.05, 3.63) is 27.7 Å². The van der Waals surface area contributed by atoms with Crippen molar-refractivity contribution in [2.75, 3.05) is 5.73 Å². The Morgan fingerprint density at radius 3 is 2.25 bits per heavy atom. The zero-order valence-corrected chi connectivity index (χ0v) is 12.4. The highest BCUT2D eigenvalue weighted by Gasteiger charge is 2.65. The molecule has 2 bridgehead atoms. The Morgan fingerprint density at radius 1 is 1.15 bits per heavy atom. The molecule has 3 nitrogen and oxygen atoms in total. The molecule has 106 valence electrons. The second kappa shape index (κ2) is 4.28. The van der Waals surface area contributed by atoms with Crippen LogP contribution in [0.3, 0.4) is 0 Å². The number of hydrogen-bond acceptors (Lipinski definition) is 2. The van der Waals surface area contributed by atoms with E-state index < -0.39 is 0 Å². The Labute approximate surface area is 127 Å². The number of carbonyl (C=O) groups excluding carboxylic acids is 1. The molecule has 1 aromatic rings. The number of halogens is 2. The molecule has 0 spiro atoms. The third kappa shape index (κ3) is 1.76. The first-order valence-corrected chi connectivity index (χ1v) is 7.87. The molecular weight excluding hydrogens is 295 g/mol. The number of fused-ring (bicyclic) bond motifs is 5. The summed E-state index contributed by atoms with van der Waals surface area (Å²) in [5, 5.41) is 3.81. The predicted octanol–water partition coefficient (Wildman–Crippen LogP) is 3.35. The minimum atomic E-state index is -0.0902. The zero-order valence-electron chi connectivity index (χ0n) is 10.9. The van der Waals surface area contributed by atoms with Gasteiger partial charge in [0.25, 0.3) is 5.91 Å². The fourth-order valence-electron chi connectivity index (χ4n) is 4.47. The maximum Gasteiger partial charge on any atom is 0.251 e. The van der Waals surface area contributed by atoms with E-state index in [0.717, 1.165) is 23.7 Å². The molecule has 3 saturated carbocycles.